The number of nitrogens with two attached hydrogens (primary N) is 1. The van der Waals surface area contributed by atoms with Gasteiger partial charge in [-0.1, -0.05) is 161 Å². The van der Waals surface area contributed by atoms with E-state index in [2.05, 4.69) is 58.5 Å². The van der Waals surface area contributed by atoms with Gasteiger partial charge in [0.05, 0.1) is 19.3 Å². The van der Waals surface area contributed by atoms with Crippen LogP contribution in [0.4, 0.5) is 0 Å². The highest BCUT2D eigenvalue weighted by molar-refractivity contribution is 6.00. The van der Waals surface area contributed by atoms with E-state index in [0.29, 0.717) is 25.7 Å². The molecular formula is C66H102N12O15. The first-order valence-corrected chi connectivity index (χ1v) is 32.7. The minimum absolute atomic E-state index is 0.264. The molecule has 2 aromatic carbocycles. The summed E-state index contributed by atoms with van der Waals surface area (Å²) in [7, 11) is 1.61. The van der Waals surface area contributed by atoms with Gasteiger partial charge < -0.3 is 79.2 Å². The zero-order valence-corrected chi connectivity index (χ0v) is 55.7. The van der Waals surface area contributed by atoms with Gasteiger partial charge in [0.15, 0.2) is 0 Å². The number of carbonyl (C=O) groups is 12. The highest BCUT2D eigenvalue weighted by atomic mass is 16.5. The second kappa shape index (κ2) is 37.6. The molecule has 1 heterocycles. The van der Waals surface area contributed by atoms with Crippen molar-refractivity contribution in [2.75, 3.05) is 20.3 Å². The third-order valence-electron chi connectivity index (χ3n) is 18.1. The van der Waals surface area contributed by atoms with Crippen LogP contribution < -0.4 is 64.2 Å². The summed E-state index contributed by atoms with van der Waals surface area (Å²) in [4.78, 5) is 167. The number of carbonyl (C=O) groups excluding carboxylic acids is 12. The van der Waals surface area contributed by atoms with Gasteiger partial charge in [0.25, 0.3) is 0 Å². The number of aliphatic hydroxyl groups is 2. The van der Waals surface area contributed by atoms with Crippen molar-refractivity contribution in [2.45, 2.75) is 225 Å². The molecule has 1 saturated carbocycles. The number of hydrogen-bond donors (Lipinski definition) is 14. The van der Waals surface area contributed by atoms with Crippen LogP contribution in [0.15, 0.2) is 54.6 Å². The molecule has 2 aromatic rings. The van der Waals surface area contributed by atoms with Crippen LogP contribution in [0, 0.1) is 23.7 Å². The van der Waals surface area contributed by atoms with Crippen molar-refractivity contribution in [2.24, 2.45) is 29.4 Å². The van der Waals surface area contributed by atoms with E-state index in [9.17, 15) is 67.7 Å². The van der Waals surface area contributed by atoms with E-state index in [0.717, 1.165) is 29.5 Å². The van der Waals surface area contributed by atoms with Gasteiger partial charge in [-0.25, -0.2) is 4.79 Å². The molecule has 27 nitrogen and oxygen atoms in total. The Bertz CT molecular complexity index is 2870. The molecule has 2 aliphatic rings. The van der Waals surface area contributed by atoms with Gasteiger partial charge in [0.2, 0.25) is 65.0 Å². The lowest BCUT2D eigenvalue weighted by Gasteiger charge is -2.35. The molecule has 4 rings (SSSR count). The maximum atomic E-state index is 14.5. The molecule has 0 aromatic heterocycles. The van der Waals surface area contributed by atoms with Crippen molar-refractivity contribution in [1.82, 2.24) is 58.5 Å². The van der Waals surface area contributed by atoms with Gasteiger partial charge in [0.1, 0.15) is 66.0 Å². The van der Waals surface area contributed by atoms with Gasteiger partial charge in [-0.15, -0.1) is 0 Å². The average molecular weight is 1300 g/mol. The molecule has 27 heteroatoms. The van der Waals surface area contributed by atoms with Crippen LogP contribution in [0.5, 0.6) is 0 Å². The highest BCUT2D eigenvalue weighted by Crippen LogP contribution is 2.29. The summed E-state index contributed by atoms with van der Waals surface area (Å²) in [6, 6.07) is 3.31. The zero-order valence-electron chi connectivity index (χ0n) is 55.7. The third kappa shape index (κ3) is 22.3. The predicted molar refractivity (Wildman–Crippen MR) is 346 cm³/mol. The van der Waals surface area contributed by atoms with Gasteiger partial charge >= 0.3 is 5.97 Å². The standard InChI is InChI=1S/C66H102N12O15/c1-12-36(5)50(74-57(84)46(68-11)33-42-25-27-44(28-26-42)43-23-19-18-20-24-43)60(87)71-47(34-79)58(85)70-45(29-30-49(67)81)56(83)73-52(38(7)14-3)62(89)75-51(37(6)13-2)61(88)72-48(35-80)59(86)76-54-41(10)93-64(91)53(39(8)15-4)77-65(92)66(31-21-16-17-22-32-66)78-55(82)40(9)69-63(54)90/h18-20,23-28,36-41,45-48,50-54,68,79-80H,12-17,21-22,29-35H2,1-11H3,(H2,67,81)(H,69,90)(H,70,85)(H,71,87)(H,72,88)(H,73,83)(H,74,84)(H,75,89)(H,76,86)(H,77,92)(H,78,82)/t36-,37-,38-,39-,40-,41-,45+,46+,47-,48-,50-,51-,52+,53-,54+/m0/s1. The molecule has 516 valence electrons. The fourth-order valence-corrected chi connectivity index (χ4v) is 11.0. The molecule has 1 aliphatic heterocycles. The third-order valence-corrected chi connectivity index (χ3v) is 18.1. The Morgan fingerprint density at radius 3 is 1.53 bits per heavy atom. The summed E-state index contributed by atoms with van der Waals surface area (Å²) in [5, 5.41) is 50.2. The number of rotatable bonds is 31. The van der Waals surface area contributed by atoms with Gasteiger partial charge in [-0.3, -0.25) is 52.7 Å². The maximum absolute atomic E-state index is 14.5. The molecular weight excluding hydrogens is 1200 g/mol. The monoisotopic (exact) mass is 1300 g/mol. The van der Waals surface area contributed by atoms with Gasteiger partial charge in [-0.2, -0.15) is 0 Å². The van der Waals surface area contributed by atoms with Crippen molar-refractivity contribution in [3.05, 3.63) is 60.2 Å². The number of esters is 1. The minimum Gasteiger partial charge on any atom is -0.458 e. The van der Waals surface area contributed by atoms with Gasteiger partial charge in [0, 0.05) is 6.42 Å². The molecule has 2 fully saturated rings. The topological polar surface area (TPSA) is 413 Å². The Balaban J connectivity index is 1.51. The Labute approximate surface area is 545 Å². The first-order chi connectivity index (χ1) is 44.1. The summed E-state index contributed by atoms with van der Waals surface area (Å²) in [5.41, 5.74) is 6.96. The van der Waals surface area contributed by atoms with Crippen molar-refractivity contribution in [1.29, 1.82) is 0 Å². The normalized spacial score (nSPS) is 21.3. The summed E-state index contributed by atoms with van der Waals surface area (Å²) in [5.74, 6) is -12.7. The quantitative estimate of drug-likeness (QED) is 0.0456. The second-order valence-corrected chi connectivity index (χ2v) is 25.0. The van der Waals surface area contributed by atoms with Crippen molar-refractivity contribution in [3.8, 4) is 11.1 Å². The number of cyclic esters (lactones) is 1. The van der Waals surface area contributed by atoms with E-state index in [1.807, 2.05) is 54.6 Å². The number of ether oxygens (including phenoxy) is 1. The van der Waals surface area contributed by atoms with E-state index < -0.39 is 193 Å². The van der Waals surface area contributed by atoms with Crippen LogP contribution in [-0.4, -0.2) is 173 Å². The number of nitrogens with one attached hydrogen (secondary N) is 11. The molecule has 15 atom stereocenters. The van der Waals surface area contributed by atoms with Gasteiger partial charge in [-0.05, 0) is 86.9 Å². The number of aliphatic hydroxyl groups excluding tert-OH is 2. The summed E-state index contributed by atoms with van der Waals surface area (Å²) >= 11 is 0. The predicted octanol–water partition coefficient (Wildman–Crippen LogP) is 0.456. The van der Waals surface area contributed by atoms with Crippen molar-refractivity contribution < 1.29 is 72.5 Å². The lowest BCUT2D eigenvalue weighted by molar-refractivity contribution is -0.157. The molecule has 0 radical (unpaired) electrons. The SMILES string of the molecule is CC[C@H](C)[C@H](NC(=O)[C@@H](Cc1ccc(-c2ccccc2)cc1)NC)C(=O)N[C@@H](CO)C(=O)N[C@H](CCC(N)=O)C(=O)N[C@@H](C(=O)N[C@H](C(=O)N[C@@H](CO)C(=O)N[C@H]1C(=O)N[C@@H](C)C(=O)NC2(CCCCCC2)C(=O)N[C@@H]([C@@H](C)CC)C(=O)O[C@H]1C)[C@@H](C)CC)[C@@H](C)CC. The van der Waals surface area contributed by atoms with Crippen LogP contribution in [0.3, 0.4) is 0 Å². The summed E-state index contributed by atoms with van der Waals surface area (Å²) in [6.45, 7) is 14.4. The number of primary amides is 1. The lowest BCUT2D eigenvalue weighted by Crippen LogP contribution is -2.64. The van der Waals surface area contributed by atoms with E-state index in [-0.39, 0.29) is 32.1 Å². The maximum Gasteiger partial charge on any atom is 0.329 e. The number of likely N-dealkylation sites (N-methyl/N-ethyl adjacent to an activating group) is 1. The van der Waals surface area contributed by atoms with E-state index in [4.69, 9.17) is 10.5 Å². The molecule has 0 unspecified atom stereocenters. The fourth-order valence-electron chi connectivity index (χ4n) is 11.0. The Morgan fingerprint density at radius 1 is 0.581 bits per heavy atom. The summed E-state index contributed by atoms with van der Waals surface area (Å²) in [6.07, 6.45) is 2.76. The molecule has 11 amide bonds. The molecule has 1 aliphatic carbocycles. The largest absolute Gasteiger partial charge is 0.458 e. The molecule has 15 N–H and O–H groups in total. The first kappa shape index (κ1) is 77.4. The van der Waals surface area contributed by atoms with E-state index in [1.54, 1.807) is 62.4 Å². The van der Waals surface area contributed by atoms with E-state index >= 15 is 0 Å². The lowest BCUT2D eigenvalue weighted by atomic mass is 9.87. The van der Waals surface area contributed by atoms with E-state index in [1.165, 1.54) is 13.8 Å². The van der Waals surface area contributed by atoms with Crippen LogP contribution in [0.25, 0.3) is 11.1 Å². The highest BCUT2D eigenvalue weighted by Gasteiger charge is 2.46. The van der Waals surface area contributed by atoms with Crippen molar-refractivity contribution >= 4 is 70.9 Å². The number of amides is 11. The minimum atomic E-state index is -1.80. The smallest absolute Gasteiger partial charge is 0.329 e. The average Bonchev–Trinajstić information content (AvgIpc) is 1.83. The Hall–Kier alpha value is -8.04. The Kier molecular flexibility index (Phi) is 31.3. The van der Waals surface area contributed by atoms with Crippen LogP contribution in [0.1, 0.15) is 152 Å². The molecule has 1 saturated heterocycles. The number of benzene rings is 2. The van der Waals surface area contributed by atoms with Crippen LogP contribution in [-0.2, 0) is 68.7 Å². The fraction of sp³-hybridized carbons (Fsp3) is 0.636. The van der Waals surface area contributed by atoms with Crippen LogP contribution >= 0.6 is 0 Å². The molecule has 93 heavy (non-hydrogen) atoms. The summed E-state index contributed by atoms with van der Waals surface area (Å²) < 4.78 is 5.80. The Morgan fingerprint density at radius 2 is 1.04 bits per heavy atom. The molecule has 0 bridgehead atoms. The first-order valence-electron chi connectivity index (χ1n) is 32.7. The molecule has 1 spiro atoms. The van der Waals surface area contributed by atoms with Crippen molar-refractivity contribution in [3.63, 3.8) is 0 Å². The zero-order chi connectivity index (χ0) is 69.3. The second-order valence-electron chi connectivity index (χ2n) is 25.0. The number of hydrogen-bond acceptors (Lipinski definition) is 16. The van der Waals surface area contributed by atoms with Crippen LogP contribution in [0.2, 0.25) is 0 Å².